The van der Waals surface area contributed by atoms with Crippen LogP contribution < -0.4 is 9.03 Å². The van der Waals surface area contributed by atoms with Crippen LogP contribution in [-0.2, 0) is 10.2 Å². The van der Waals surface area contributed by atoms with Crippen molar-refractivity contribution in [3.8, 4) is 6.07 Å². The largest absolute Gasteiger partial charge is 0.301 e. The minimum Gasteiger partial charge on any atom is -0.261 e. The fraction of sp³-hybridized carbons (Fsp3) is 0.417. The van der Waals surface area contributed by atoms with Crippen LogP contribution in [0.2, 0.25) is 0 Å². The number of hydrogen-bond acceptors (Lipinski definition) is 3. The normalized spacial score (nSPS) is 11.9. The highest BCUT2D eigenvalue weighted by Gasteiger charge is 2.24. The van der Waals surface area contributed by atoms with E-state index < -0.39 is 15.7 Å². The molecule has 1 aromatic carbocycles. The van der Waals surface area contributed by atoms with Crippen LogP contribution in [0.4, 0.5) is 5.69 Å². The summed E-state index contributed by atoms with van der Waals surface area (Å²) < 4.78 is 27.8. The lowest BCUT2D eigenvalue weighted by Gasteiger charge is -2.26. The van der Waals surface area contributed by atoms with Crippen molar-refractivity contribution >= 4 is 15.9 Å². The molecule has 0 fully saturated rings. The number of benzene rings is 1. The Hall–Kier alpha value is -1.58. The van der Waals surface area contributed by atoms with Crippen molar-refractivity contribution in [2.45, 2.75) is 26.3 Å². The van der Waals surface area contributed by atoms with Gasteiger partial charge in [0.1, 0.15) is 0 Å². The highest BCUT2D eigenvalue weighted by Crippen LogP contribution is 2.17. The van der Waals surface area contributed by atoms with E-state index in [2.05, 4.69) is 4.72 Å². The van der Waals surface area contributed by atoms with Crippen LogP contribution in [0, 0.1) is 11.3 Å². The number of nitrogens with one attached hydrogen (secondary N) is 1. The van der Waals surface area contributed by atoms with Crippen molar-refractivity contribution in [3.63, 3.8) is 0 Å². The lowest BCUT2D eigenvalue weighted by molar-refractivity contribution is 0.490. The van der Waals surface area contributed by atoms with Crippen LogP contribution in [0.3, 0.4) is 0 Å². The van der Waals surface area contributed by atoms with E-state index in [0.717, 1.165) is 4.31 Å². The second-order valence-corrected chi connectivity index (χ2v) is 6.69. The summed E-state index contributed by atoms with van der Waals surface area (Å²) in [4.78, 5) is 0. The third-order valence-electron chi connectivity index (χ3n) is 2.16. The minimum atomic E-state index is -3.59. The average Bonchev–Trinajstić information content (AvgIpc) is 2.25. The molecule has 0 unspecified atom stereocenters. The van der Waals surface area contributed by atoms with E-state index in [0.29, 0.717) is 11.3 Å². The zero-order valence-corrected chi connectivity index (χ0v) is 11.7. The van der Waals surface area contributed by atoms with Gasteiger partial charge in [0.2, 0.25) is 0 Å². The topological polar surface area (TPSA) is 73.2 Å². The molecule has 0 aliphatic rings. The molecule has 0 saturated carbocycles. The third-order valence-corrected chi connectivity index (χ3v) is 3.96. The quantitative estimate of drug-likeness (QED) is 0.904. The Labute approximate surface area is 108 Å². The monoisotopic (exact) mass is 267 g/mol. The molecular formula is C12H17N3O2S. The summed E-state index contributed by atoms with van der Waals surface area (Å²) in [6.45, 7) is 5.32. The first-order valence-corrected chi connectivity index (χ1v) is 6.88. The second kappa shape index (κ2) is 4.96. The Morgan fingerprint density at radius 2 is 1.72 bits per heavy atom. The van der Waals surface area contributed by atoms with E-state index in [-0.39, 0.29) is 0 Å². The molecule has 0 radical (unpaired) electrons. The van der Waals surface area contributed by atoms with Gasteiger partial charge in [-0.05, 0) is 45.0 Å². The number of nitriles is 1. The summed E-state index contributed by atoms with van der Waals surface area (Å²) in [6.07, 6.45) is 0. The molecule has 1 N–H and O–H groups in total. The van der Waals surface area contributed by atoms with E-state index in [4.69, 9.17) is 5.26 Å². The summed E-state index contributed by atoms with van der Waals surface area (Å²) in [5.74, 6) is 0. The van der Waals surface area contributed by atoms with Gasteiger partial charge in [0.25, 0.3) is 0 Å². The molecule has 0 spiro atoms. The molecule has 98 valence electrons. The van der Waals surface area contributed by atoms with Crippen molar-refractivity contribution < 1.29 is 8.42 Å². The second-order valence-electron chi connectivity index (χ2n) is 4.98. The molecule has 1 rings (SSSR count). The lowest BCUT2D eigenvalue weighted by atomic mass is 10.1. The summed E-state index contributed by atoms with van der Waals surface area (Å²) >= 11 is 0. The van der Waals surface area contributed by atoms with Gasteiger partial charge >= 0.3 is 10.2 Å². The molecule has 0 aliphatic heterocycles. The van der Waals surface area contributed by atoms with E-state index in [1.165, 1.54) is 7.05 Å². The molecule has 0 bridgehead atoms. The highest BCUT2D eigenvalue weighted by atomic mass is 32.2. The SMILES string of the molecule is CN(c1ccc(C#N)cc1)S(=O)(=O)NC(C)(C)C. The summed E-state index contributed by atoms with van der Waals surface area (Å²) in [5, 5.41) is 8.69. The molecule has 0 saturated heterocycles. The molecule has 0 heterocycles. The number of rotatable bonds is 3. The highest BCUT2D eigenvalue weighted by molar-refractivity contribution is 7.90. The Bertz CT molecular complexity index is 550. The van der Waals surface area contributed by atoms with Crippen molar-refractivity contribution in [2.75, 3.05) is 11.4 Å². The first-order chi connectivity index (χ1) is 8.15. The van der Waals surface area contributed by atoms with E-state index >= 15 is 0 Å². The van der Waals surface area contributed by atoms with Gasteiger partial charge in [-0.3, -0.25) is 4.31 Å². The average molecular weight is 267 g/mol. The minimum absolute atomic E-state index is 0.494. The van der Waals surface area contributed by atoms with Gasteiger partial charge in [-0.1, -0.05) is 0 Å². The van der Waals surface area contributed by atoms with Crippen molar-refractivity contribution in [2.24, 2.45) is 0 Å². The lowest BCUT2D eigenvalue weighted by Crippen LogP contribution is -2.47. The molecule has 0 atom stereocenters. The van der Waals surface area contributed by atoms with Crippen LogP contribution in [0.5, 0.6) is 0 Å². The van der Waals surface area contributed by atoms with Gasteiger partial charge in [0.15, 0.2) is 0 Å². The smallest absolute Gasteiger partial charge is 0.261 e. The number of hydrogen-bond donors (Lipinski definition) is 1. The molecule has 0 aromatic heterocycles. The zero-order chi connectivity index (χ0) is 14.0. The van der Waals surface area contributed by atoms with Gasteiger partial charge in [0, 0.05) is 12.6 Å². The summed E-state index contributed by atoms with van der Waals surface area (Å²) in [5.41, 5.74) is 0.457. The van der Waals surface area contributed by atoms with Crippen molar-refractivity contribution in [1.82, 2.24) is 4.72 Å². The fourth-order valence-electron chi connectivity index (χ4n) is 1.34. The fourth-order valence-corrected chi connectivity index (χ4v) is 2.65. The van der Waals surface area contributed by atoms with Crippen molar-refractivity contribution in [1.29, 1.82) is 5.26 Å². The zero-order valence-electron chi connectivity index (χ0n) is 10.9. The van der Waals surface area contributed by atoms with Crippen molar-refractivity contribution in [3.05, 3.63) is 29.8 Å². The summed E-state index contributed by atoms with van der Waals surface area (Å²) in [7, 11) is -2.12. The van der Waals surface area contributed by atoms with Crippen LogP contribution in [0.1, 0.15) is 26.3 Å². The maximum atomic E-state index is 12.1. The first-order valence-electron chi connectivity index (χ1n) is 5.44. The molecule has 6 heteroatoms. The van der Waals surface area contributed by atoms with Gasteiger partial charge in [-0.15, -0.1) is 0 Å². The maximum Gasteiger partial charge on any atom is 0.301 e. The number of anilines is 1. The van der Waals surface area contributed by atoms with Gasteiger partial charge in [-0.2, -0.15) is 18.4 Å². The van der Waals surface area contributed by atoms with Crippen LogP contribution >= 0.6 is 0 Å². The Kier molecular flexibility index (Phi) is 3.99. The van der Waals surface area contributed by atoms with Gasteiger partial charge in [-0.25, -0.2) is 0 Å². The molecule has 0 aliphatic carbocycles. The predicted octanol–water partition coefficient (Wildman–Crippen LogP) is 1.63. The van der Waals surface area contributed by atoms with E-state index in [9.17, 15) is 8.42 Å². The number of nitrogens with zero attached hydrogens (tertiary/aromatic N) is 2. The molecular weight excluding hydrogens is 250 g/mol. The predicted molar refractivity (Wildman–Crippen MR) is 71.4 cm³/mol. The Morgan fingerprint density at radius 1 is 1.22 bits per heavy atom. The third kappa shape index (κ3) is 3.72. The van der Waals surface area contributed by atoms with E-state index in [1.54, 1.807) is 45.0 Å². The molecule has 1 aromatic rings. The molecule has 18 heavy (non-hydrogen) atoms. The van der Waals surface area contributed by atoms with Gasteiger partial charge < -0.3 is 0 Å². The Balaban J connectivity index is 2.99. The molecule has 5 nitrogen and oxygen atoms in total. The van der Waals surface area contributed by atoms with Crippen LogP contribution in [-0.4, -0.2) is 21.0 Å². The van der Waals surface area contributed by atoms with Crippen LogP contribution in [0.25, 0.3) is 0 Å². The Morgan fingerprint density at radius 3 is 2.11 bits per heavy atom. The summed E-state index contributed by atoms with van der Waals surface area (Å²) in [6, 6.07) is 8.35. The first kappa shape index (κ1) is 14.5. The molecule has 0 amide bonds. The standard InChI is InChI=1S/C12H17N3O2S/c1-12(2,3)14-18(16,17)15(4)11-7-5-10(9-13)6-8-11/h5-8,14H,1-4H3. The van der Waals surface area contributed by atoms with E-state index in [1.807, 2.05) is 6.07 Å². The van der Waals surface area contributed by atoms with Gasteiger partial charge in [0.05, 0.1) is 17.3 Å². The maximum absolute atomic E-state index is 12.1. The van der Waals surface area contributed by atoms with Crippen LogP contribution in [0.15, 0.2) is 24.3 Å².